The van der Waals surface area contributed by atoms with Gasteiger partial charge in [-0.05, 0) is 0 Å². The summed E-state index contributed by atoms with van der Waals surface area (Å²) in [5.74, 6) is 0. The summed E-state index contributed by atoms with van der Waals surface area (Å²) in [6.07, 6.45) is 8.25. The summed E-state index contributed by atoms with van der Waals surface area (Å²) in [7, 11) is 0. The molecule has 0 bridgehead atoms. The van der Waals surface area contributed by atoms with Gasteiger partial charge in [0.1, 0.15) is 0 Å². The summed E-state index contributed by atoms with van der Waals surface area (Å²) in [5, 5.41) is 0. The Labute approximate surface area is 155 Å². The molecule has 0 amide bonds. The van der Waals surface area contributed by atoms with E-state index in [1.807, 2.05) is 0 Å². The maximum atomic E-state index is 2.35. The second-order valence-corrected chi connectivity index (χ2v) is 6.86. The van der Waals surface area contributed by atoms with E-state index < -0.39 is 0 Å². The predicted molar refractivity (Wildman–Crippen MR) is 77.5 cm³/mol. The Morgan fingerprint density at radius 1 is 1.19 bits per heavy atom. The van der Waals surface area contributed by atoms with Crippen LogP contribution in [-0.2, 0) is 24.7 Å². The average molecular weight is 397 g/mol. The van der Waals surface area contributed by atoms with Crippen molar-refractivity contribution in [1.82, 2.24) is 0 Å². The first kappa shape index (κ1) is 19.0. The fourth-order valence-corrected chi connectivity index (χ4v) is 4.26. The van der Waals surface area contributed by atoms with Crippen LogP contribution < -0.4 is 24.8 Å². The van der Waals surface area contributed by atoms with Crippen molar-refractivity contribution in [2.75, 3.05) is 0 Å². The number of halogens is 2. The van der Waals surface area contributed by atoms with Crippen LogP contribution in [0.1, 0.15) is 47.9 Å². The molecule has 3 heteroatoms. The Bertz CT molecular complexity index is 611. The molecule has 1 aromatic rings. The molecule has 1 atom stereocenters. The van der Waals surface area contributed by atoms with Crippen LogP contribution in [0.5, 0.6) is 0 Å². The molecule has 0 radical (unpaired) electrons. The Morgan fingerprint density at radius 3 is 2.62 bits per heavy atom. The maximum Gasteiger partial charge on any atom is -1.00 e. The van der Waals surface area contributed by atoms with Gasteiger partial charge in [-0.25, -0.2) is 0 Å². The number of hydrogen-bond acceptors (Lipinski definition) is 0. The van der Waals surface area contributed by atoms with Gasteiger partial charge in [-0.2, -0.15) is 0 Å². The van der Waals surface area contributed by atoms with Gasteiger partial charge in [-0.1, -0.05) is 0 Å². The van der Waals surface area contributed by atoms with Crippen molar-refractivity contribution in [3.05, 3.63) is 64.3 Å². The van der Waals surface area contributed by atoms with Gasteiger partial charge in [-0.15, -0.1) is 0 Å². The molecule has 1 unspecified atom stereocenters. The molecular formula is C18H19Cl2Zr. The Balaban J connectivity index is 0.00000110. The first-order valence-corrected chi connectivity index (χ1v) is 8.56. The van der Waals surface area contributed by atoms with E-state index in [-0.39, 0.29) is 24.8 Å². The summed E-state index contributed by atoms with van der Waals surface area (Å²) in [6.45, 7) is 4.61. The van der Waals surface area contributed by atoms with Crippen LogP contribution in [0, 0.1) is 0 Å². The van der Waals surface area contributed by atoms with Gasteiger partial charge in [0.15, 0.2) is 0 Å². The van der Waals surface area contributed by atoms with Crippen LogP contribution in [0.15, 0.2) is 53.1 Å². The molecule has 0 N–H and O–H groups in total. The third-order valence-corrected chi connectivity index (χ3v) is 6.05. The molecule has 1 aromatic carbocycles. The van der Waals surface area contributed by atoms with E-state index in [2.05, 4.69) is 50.3 Å². The van der Waals surface area contributed by atoms with Crippen molar-refractivity contribution in [2.45, 2.75) is 36.7 Å². The Kier molecular flexibility index (Phi) is 7.18. The molecular weight excluding hydrogens is 378 g/mol. The van der Waals surface area contributed by atoms with E-state index in [1.54, 1.807) is 52.6 Å². The second kappa shape index (κ2) is 7.95. The molecule has 0 saturated heterocycles. The van der Waals surface area contributed by atoms with E-state index in [0.717, 1.165) is 6.42 Å². The SMILES string of the molecule is CCCC1=C(C2=C(C)[CH]([Zr+2])c3ccccc32)CC=C1.[Cl-].[Cl-]. The number of fused-ring (bicyclic) bond motifs is 1. The first-order valence-electron chi connectivity index (χ1n) is 7.14. The monoisotopic (exact) mass is 395 g/mol. The second-order valence-electron chi connectivity index (χ2n) is 5.44. The van der Waals surface area contributed by atoms with Crippen molar-refractivity contribution in [2.24, 2.45) is 0 Å². The molecule has 3 rings (SSSR count). The van der Waals surface area contributed by atoms with Crippen LogP contribution >= 0.6 is 0 Å². The van der Waals surface area contributed by atoms with Crippen molar-refractivity contribution >= 4 is 5.57 Å². The molecule has 109 valence electrons. The summed E-state index contributed by atoms with van der Waals surface area (Å²) in [6, 6.07) is 8.99. The molecule has 0 aromatic heterocycles. The third kappa shape index (κ3) is 3.31. The number of hydrogen-bond donors (Lipinski definition) is 0. The zero-order valence-corrected chi connectivity index (χ0v) is 16.4. The van der Waals surface area contributed by atoms with Crippen LogP contribution in [0.2, 0.25) is 0 Å². The smallest absolute Gasteiger partial charge is 1.00 e. The van der Waals surface area contributed by atoms with Gasteiger partial charge in [0.2, 0.25) is 0 Å². The molecule has 0 nitrogen and oxygen atoms in total. The van der Waals surface area contributed by atoms with Crippen molar-refractivity contribution in [3.8, 4) is 0 Å². The summed E-state index contributed by atoms with van der Waals surface area (Å²) >= 11 is 1.61. The van der Waals surface area contributed by atoms with Crippen LogP contribution in [0.4, 0.5) is 0 Å². The Morgan fingerprint density at radius 2 is 1.90 bits per heavy atom. The van der Waals surface area contributed by atoms with Crippen molar-refractivity contribution < 1.29 is 49.5 Å². The minimum atomic E-state index is 0. The molecule has 2 aliphatic rings. The zero-order chi connectivity index (χ0) is 13.4. The van der Waals surface area contributed by atoms with E-state index in [0.29, 0.717) is 3.63 Å². The van der Waals surface area contributed by atoms with Crippen LogP contribution in [0.3, 0.4) is 0 Å². The molecule has 0 fully saturated rings. The molecule has 0 saturated carbocycles. The number of benzene rings is 1. The molecule has 21 heavy (non-hydrogen) atoms. The first-order chi connectivity index (χ1) is 9.24. The summed E-state index contributed by atoms with van der Waals surface area (Å²) < 4.78 is 0.661. The molecule has 0 aliphatic heterocycles. The van der Waals surface area contributed by atoms with E-state index in [1.165, 1.54) is 18.4 Å². The summed E-state index contributed by atoms with van der Waals surface area (Å²) in [4.78, 5) is 0. The van der Waals surface area contributed by atoms with Gasteiger partial charge in [0.25, 0.3) is 0 Å². The van der Waals surface area contributed by atoms with Gasteiger partial charge < -0.3 is 24.8 Å². The minimum Gasteiger partial charge on any atom is -1.00 e. The van der Waals surface area contributed by atoms with E-state index in [4.69, 9.17) is 0 Å². The minimum absolute atomic E-state index is 0. The summed E-state index contributed by atoms with van der Waals surface area (Å²) in [5.41, 5.74) is 9.35. The third-order valence-electron chi connectivity index (χ3n) is 4.22. The molecule has 0 spiro atoms. The standard InChI is InChI=1S/C18H19.2ClH.Zr/c1-3-7-14-9-6-11-16(14)18-13(2)12-15-8-4-5-10-17(15)18;;;/h4-6,8-10,12H,3,7,11H2,1-2H3;2*1H;/q;;;+2/p-2. The molecule has 0 heterocycles. The predicted octanol–water partition coefficient (Wildman–Crippen LogP) is -0.874. The Hall–Kier alpha value is -0.0969. The van der Waals surface area contributed by atoms with Crippen LogP contribution in [0.25, 0.3) is 5.57 Å². The fourth-order valence-electron chi connectivity index (χ4n) is 3.28. The van der Waals surface area contributed by atoms with Crippen molar-refractivity contribution in [3.63, 3.8) is 0 Å². The quantitative estimate of drug-likeness (QED) is 0.622. The van der Waals surface area contributed by atoms with E-state index in [9.17, 15) is 0 Å². The van der Waals surface area contributed by atoms with Crippen LogP contribution in [-0.4, -0.2) is 0 Å². The molecule has 2 aliphatic carbocycles. The number of rotatable bonds is 3. The van der Waals surface area contributed by atoms with E-state index >= 15 is 0 Å². The fraction of sp³-hybridized carbons (Fsp3) is 0.333. The maximum absolute atomic E-state index is 2.35. The topological polar surface area (TPSA) is 0 Å². The van der Waals surface area contributed by atoms with Crippen molar-refractivity contribution in [1.29, 1.82) is 0 Å². The zero-order valence-electron chi connectivity index (χ0n) is 12.4. The number of allylic oxidation sites excluding steroid dienone is 6. The van der Waals surface area contributed by atoms with Gasteiger partial charge >= 0.3 is 131 Å². The average Bonchev–Trinajstić information content (AvgIpc) is 2.96. The largest absolute Gasteiger partial charge is 1.00 e. The normalized spacial score (nSPS) is 19.5. The van der Waals surface area contributed by atoms with Gasteiger partial charge in [-0.3, -0.25) is 0 Å². The van der Waals surface area contributed by atoms with Gasteiger partial charge in [0, 0.05) is 0 Å². The van der Waals surface area contributed by atoms with Gasteiger partial charge in [0.05, 0.1) is 0 Å².